The maximum atomic E-state index is 12.9. The number of rotatable bonds is 4. The van der Waals surface area contributed by atoms with E-state index in [0.29, 0.717) is 31.1 Å². The van der Waals surface area contributed by atoms with Gasteiger partial charge < -0.3 is 15.0 Å². The van der Waals surface area contributed by atoms with E-state index < -0.39 is 22.5 Å². The van der Waals surface area contributed by atoms with Crippen LogP contribution in [-0.2, 0) is 10.9 Å². The van der Waals surface area contributed by atoms with E-state index in [1.54, 1.807) is 4.90 Å². The van der Waals surface area contributed by atoms with Crippen molar-refractivity contribution in [3.63, 3.8) is 0 Å². The fourth-order valence-corrected chi connectivity index (χ4v) is 4.37. The number of carbonyl (C=O) groups excluding carboxylic acids is 1. The van der Waals surface area contributed by atoms with Crippen LogP contribution < -0.4 is 5.32 Å². The Morgan fingerprint density at radius 2 is 1.79 bits per heavy atom. The lowest BCUT2D eigenvalue weighted by Gasteiger charge is -2.33. The maximum absolute atomic E-state index is 12.9. The first kappa shape index (κ1) is 24.6. The minimum Gasteiger partial charge on any atom is -0.444 e. The van der Waals surface area contributed by atoms with Gasteiger partial charge in [-0.3, -0.25) is 0 Å². The summed E-state index contributed by atoms with van der Waals surface area (Å²) < 4.78 is 44.3. The summed E-state index contributed by atoms with van der Waals surface area (Å²) in [6.45, 7) is 6.84. The highest BCUT2D eigenvalue weighted by Crippen LogP contribution is 2.45. The van der Waals surface area contributed by atoms with Gasteiger partial charge in [0, 0.05) is 25.0 Å². The van der Waals surface area contributed by atoms with E-state index in [2.05, 4.69) is 21.4 Å². The number of amides is 1. The van der Waals surface area contributed by atoms with Crippen molar-refractivity contribution in [2.45, 2.75) is 70.1 Å². The minimum atomic E-state index is -4.60. The third-order valence-corrected chi connectivity index (χ3v) is 6.29. The highest BCUT2D eigenvalue weighted by atomic mass is 35.5. The molecule has 2 aromatic rings. The van der Waals surface area contributed by atoms with Crippen LogP contribution in [0.4, 0.5) is 29.6 Å². The third kappa shape index (κ3) is 5.92. The van der Waals surface area contributed by atoms with Crippen molar-refractivity contribution < 1.29 is 22.7 Å². The summed E-state index contributed by atoms with van der Waals surface area (Å²) in [7, 11) is 0. The minimum absolute atomic E-state index is 0.0262. The average Bonchev–Trinajstić information content (AvgIpc) is 3.57. The summed E-state index contributed by atoms with van der Waals surface area (Å²) in [5.74, 6) is 0.745. The Balaban J connectivity index is 1.46. The normalized spacial score (nSPS) is 17.6. The van der Waals surface area contributed by atoms with Crippen molar-refractivity contribution in [1.82, 2.24) is 14.9 Å². The number of benzene rings is 1. The predicted octanol–water partition coefficient (Wildman–Crippen LogP) is 6.88. The van der Waals surface area contributed by atoms with Gasteiger partial charge in [0.2, 0.25) is 5.95 Å². The molecule has 34 heavy (non-hydrogen) atoms. The zero-order valence-electron chi connectivity index (χ0n) is 19.4. The molecule has 1 aliphatic heterocycles. The van der Waals surface area contributed by atoms with Gasteiger partial charge in [-0.15, -0.1) is 0 Å². The number of halogens is 4. The Labute approximate surface area is 201 Å². The quantitative estimate of drug-likeness (QED) is 0.467. The topological polar surface area (TPSA) is 67.3 Å². The van der Waals surface area contributed by atoms with Gasteiger partial charge in [0.05, 0.1) is 0 Å². The Hall–Kier alpha value is -2.55. The second kappa shape index (κ2) is 9.24. The summed E-state index contributed by atoms with van der Waals surface area (Å²) in [6, 6.07) is 6.12. The zero-order valence-corrected chi connectivity index (χ0v) is 20.1. The molecule has 1 aromatic carbocycles. The molecule has 2 fully saturated rings. The largest absolute Gasteiger partial charge is 0.444 e. The predicted molar refractivity (Wildman–Crippen MR) is 124 cm³/mol. The number of hydrogen-bond acceptors (Lipinski definition) is 5. The molecule has 1 saturated carbocycles. The highest BCUT2D eigenvalue weighted by molar-refractivity contribution is 6.30. The van der Waals surface area contributed by atoms with E-state index in [-0.39, 0.29) is 12.0 Å². The average molecular weight is 497 g/mol. The van der Waals surface area contributed by atoms with Gasteiger partial charge in [0.15, 0.2) is 0 Å². The number of nitrogens with zero attached hydrogens (tertiary/aromatic N) is 3. The molecule has 2 aliphatic rings. The van der Waals surface area contributed by atoms with Crippen molar-refractivity contribution in [1.29, 1.82) is 0 Å². The van der Waals surface area contributed by atoms with Crippen molar-refractivity contribution >= 4 is 29.3 Å². The molecule has 1 aliphatic carbocycles. The summed E-state index contributed by atoms with van der Waals surface area (Å²) in [6.07, 6.45) is -0.384. The first-order valence-corrected chi connectivity index (χ1v) is 11.8. The molecule has 6 nitrogen and oxygen atoms in total. The number of alkyl halides is 3. The van der Waals surface area contributed by atoms with Crippen LogP contribution >= 0.6 is 11.6 Å². The molecule has 184 valence electrons. The zero-order chi connectivity index (χ0) is 24.7. The Morgan fingerprint density at radius 1 is 1.12 bits per heavy atom. The number of carbonyl (C=O) groups is 1. The van der Waals surface area contributed by atoms with Crippen LogP contribution in [0.3, 0.4) is 0 Å². The second-order valence-corrected chi connectivity index (χ2v) is 10.2. The molecule has 0 radical (unpaired) electrons. The molecule has 4 rings (SSSR count). The molecular formula is C24H28ClF3N4O2. The van der Waals surface area contributed by atoms with Gasteiger partial charge in [-0.1, -0.05) is 23.7 Å². The van der Waals surface area contributed by atoms with Crippen molar-refractivity contribution in [3.05, 3.63) is 46.2 Å². The van der Waals surface area contributed by atoms with E-state index in [9.17, 15) is 18.0 Å². The number of aromatic nitrogens is 2. The van der Waals surface area contributed by atoms with Gasteiger partial charge >= 0.3 is 12.3 Å². The van der Waals surface area contributed by atoms with E-state index in [1.807, 2.05) is 32.9 Å². The van der Waals surface area contributed by atoms with E-state index in [1.165, 1.54) is 5.56 Å². The monoisotopic (exact) mass is 496 g/mol. The summed E-state index contributed by atoms with van der Waals surface area (Å²) >= 11 is 5.74. The fourth-order valence-electron chi connectivity index (χ4n) is 4.13. The molecule has 0 unspecified atom stereocenters. The van der Waals surface area contributed by atoms with Crippen LogP contribution in [0.15, 0.2) is 24.4 Å². The van der Waals surface area contributed by atoms with Crippen molar-refractivity contribution in [2.75, 3.05) is 18.4 Å². The summed E-state index contributed by atoms with van der Waals surface area (Å²) in [4.78, 5) is 21.7. The van der Waals surface area contributed by atoms with Gasteiger partial charge in [-0.25, -0.2) is 14.8 Å². The van der Waals surface area contributed by atoms with E-state index in [0.717, 1.165) is 36.9 Å². The smallest absolute Gasteiger partial charge is 0.420 e. The van der Waals surface area contributed by atoms with Gasteiger partial charge in [0.25, 0.3) is 0 Å². The SMILES string of the molecule is CC(C)(C)OC(=O)N1CCC(c2ccc(Nc3ncc(C(F)(F)F)c(Cl)n3)c(C3CC3)c2)CC1. The number of likely N-dealkylation sites (tertiary alicyclic amines) is 1. The lowest BCUT2D eigenvalue weighted by molar-refractivity contribution is -0.137. The lowest BCUT2D eigenvalue weighted by atomic mass is 9.87. The maximum Gasteiger partial charge on any atom is 0.420 e. The second-order valence-electron chi connectivity index (χ2n) is 9.88. The fraction of sp³-hybridized carbons (Fsp3) is 0.542. The summed E-state index contributed by atoms with van der Waals surface area (Å²) in [5.41, 5.74) is 1.49. The molecule has 2 heterocycles. The van der Waals surface area contributed by atoms with E-state index in [4.69, 9.17) is 16.3 Å². The summed E-state index contributed by atoms with van der Waals surface area (Å²) in [5, 5.41) is 2.41. The van der Waals surface area contributed by atoms with Crippen LogP contribution in [-0.4, -0.2) is 39.7 Å². The van der Waals surface area contributed by atoms with Gasteiger partial charge in [-0.2, -0.15) is 13.2 Å². The van der Waals surface area contributed by atoms with Crippen LogP contribution in [0.5, 0.6) is 0 Å². The number of hydrogen-bond donors (Lipinski definition) is 1. The van der Waals surface area contributed by atoms with Crippen LogP contribution in [0.2, 0.25) is 5.15 Å². The number of anilines is 2. The van der Waals surface area contributed by atoms with Crippen LogP contribution in [0, 0.1) is 0 Å². The van der Waals surface area contributed by atoms with Crippen molar-refractivity contribution in [2.24, 2.45) is 0 Å². The first-order valence-electron chi connectivity index (χ1n) is 11.4. The Morgan fingerprint density at radius 3 is 2.35 bits per heavy atom. The number of ether oxygens (including phenoxy) is 1. The molecule has 0 bridgehead atoms. The molecule has 1 N–H and O–H groups in total. The number of piperidine rings is 1. The Kier molecular flexibility index (Phi) is 6.68. The third-order valence-electron chi connectivity index (χ3n) is 6.00. The molecule has 1 amide bonds. The molecule has 10 heteroatoms. The van der Waals surface area contributed by atoms with Crippen LogP contribution in [0.25, 0.3) is 0 Å². The molecule has 0 spiro atoms. The molecule has 1 saturated heterocycles. The lowest BCUT2D eigenvalue weighted by Crippen LogP contribution is -2.41. The van der Waals surface area contributed by atoms with Gasteiger partial charge in [0.1, 0.15) is 16.3 Å². The van der Waals surface area contributed by atoms with Crippen LogP contribution in [0.1, 0.15) is 75.0 Å². The molecule has 1 aromatic heterocycles. The molecular weight excluding hydrogens is 469 g/mol. The molecule has 0 atom stereocenters. The van der Waals surface area contributed by atoms with E-state index >= 15 is 0 Å². The Bertz CT molecular complexity index is 1060. The number of nitrogens with one attached hydrogen (secondary N) is 1. The highest BCUT2D eigenvalue weighted by Gasteiger charge is 2.35. The van der Waals surface area contributed by atoms with Gasteiger partial charge in [-0.05, 0) is 75.5 Å². The van der Waals surface area contributed by atoms with Crippen molar-refractivity contribution in [3.8, 4) is 0 Å². The standard InChI is InChI=1S/C24H28ClF3N4O2/c1-23(2,3)34-22(33)32-10-8-14(9-11-32)16-6-7-19(17(12-16)15-4-5-15)30-21-29-13-18(20(25)31-21)24(26,27)28/h6-7,12-15H,4-5,8-11H2,1-3H3,(H,29,30,31). The first-order chi connectivity index (χ1) is 15.9.